The number of carbonyl (C=O) groups excluding carboxylic acids is 1. The van der Waals surface area contributed by atoms with E-state index in [0.29, 0.717) is 15.2 Å². The molecular weight excluding hydrogens is 449 g/mol. The number of hydrogen-bond acceptors (Lipinski definition) is 5. The van der Waals surface area contributed by atoms with Crippen molar-refractivity contribution in [3.63, 3.8) is 0 Å². The third-order valence-electron chi connectivity index (χ3n) is 4.49. The van der Waals surface area contributed by atoms with Crippen LogP contribution in [0, 0.1) is 19.3 Å². The number of amidine groups is 2. The van der Waals surface area contributed by atoms with Crippen molar-refractivity contribution in [3.8, 4) is 5.69 Å². The van der Waals surface area contributed by atoms with Gasteiger partial charge in [0.25, 0.3) is 5.91 Å². The Morgan fingerprint density at radius 2 is 1.86 bits per heavy atom. The largest absolute Gasteiger partial charge is 0.318 e. The Labute approximate surface area is 186 Å². The fraction of sp³-hybridized carbons (Fsp3) is 0.158. The summed E-state index contributed by atoms with van der Waals surface area (Å²) in [4.78, 5) is 16.7. The third kappa shape index (κ3) is 3.66. The van der Waals surface area contributed by atoms with Gasteiger partial charge in [0.15, 0.2) is 10.2 Å². The first-order valence-corrected chi connectivity index (χ1v) is 11.3. The second-order valence-corrected chi connectivity index (χ2v) is 9.26. The SMILES string of the molecule is CSC1=NN2C(=N)C(=Cc3cc(C)n(-c4cc(Cl)cc(Cl)c4)c3C)C(=O)N=C2S1. The summed E-state index contributed by atoms with van der Waals surface area (Å²) in [6, 6.07) is 7.29. The van der Waals surface area contributed by atoms with Gasteiger partial charge in [0.05, 0.1) is 5.57 Å². The van der Waals surface area contributed by atoms with E-state index in [1.807, 2.05) is 42.9 Å². The van der Waals surface area contributed by atoms with Crippen LogP contribution >= 0.6 is 46.7 Å². The molecular formula is C19H15Cl2N5OS2. The summed E-state index contributed by atoms with van der Waals surface area (Å²) in [6.45, 7) is 3.90. The zero-order chi connectivity index (χ0) is 20.9. The molecule has 1 amide bonds. The Bertz CT molecular complexity index is 1150. The highest BCUT2D eigenvalue weighted by molar-refractivity contribution is 8.45. The number of hydrazone groups is 1. The van der Waals surface area contributed by atoms with E-state index in [0.717, 1.165) is 27.0 Å². The number of aromatic nitrogens is 1. The van der Waals surface area contributed by atoms with E-state index in [2.05, 4.69) is 10.1 Å². The fourth-order valence-electron chi connectivity index (χ4n) is 3.21. The lowest BCUT2D eigenvalue weighted by Crippen LogP contribution is -2.35. The standard InChI is InChI=1S/C19H15Cl2N5OS2/c1-9-4-11(10(2)25(9)14-7-12(20)6-13(21)8-14)5-15-16(22)26-18(23-17(15)27)29-19(24-26)28-3/h4-8,22H,1-3H3. The lowest BCUT2D eigenvalue weighted by atomic mass is 10.1. The van der Waals surface area contributed by atoms with Gasteiger partial charge in [0.2, 0.25) is 5.17 Å². The van der Waals surface area contributed by atoms with Gasteiger partial charge >= 0.3 is 0 Å². The number of hydrogen-bond donors (Lipinski definition) is 1. The minimum Gasteiger partial charge on any atom is -0.318 e. The number of aliphatic imine (C=N–C) groups is 1. The quantitative estimate of drug-likeness (QED) is 0.609. The van der Waals surface area contributed by atoms with E-state index in [9.17, 15) is 4.79 Å². The molecule has 0 radical (unpaired) electrons. The van der Waals surface area contributed by atoms with Crippen molar-refractivity contribution in [3.05, 3.63) is 56.8 Å². The predicted octanol–water partition coefficient (Wildman–Crippen LogP) is 5.34. The predicted molar refractivity (Wildman–Crippen MR) is 124 cm³/mol. The van der Waals surface area contributed by atoms with Gasteiger partial charge in [-0.3, -0.25) is 10.2 Å². The first kappa shape index (κ1) is 20.3. The van der Waals surface area contributed by atoms with Crippen molar-refractivity contribution >= 4 is 74.1 Å². The van der Waals surface area contributed by atoms with Crippen molar-refractivity contribution in [1.82, 2.24) is 9.58 Å². The van der Waals surface area contributed by atoms with Crippen molar-refractivity contribution in [2.24, 2.45) is 10.1 Å². The third-order valence-corrected chi connectivity index (χ3v) is 6.81. The minimum absolute atomic E-state index is 0.0205. The molecule has 0 aliphatic carbocycles. The normalized spacial score (nSPS) is 17.7. The Morgan fingerprint density at radius 3 is 2.52 bits per heavy atom. The van der Waals surface area contributed by atoms with Crippen molar-refractivity contribution in [1.29, 1.82) is 5.41 Å². The van der Waals surface area contributed by atoms with Crippen LogP contribution in [-0.4, -0.2) is 37.1 Å². The molecule has 0 bridgehead atoms. The molecule has 0 unspecified atom stereocenters. The fourth-order valence-corrected chi connectivity index (χ4v) is 5.07. The summed E-state index contributed by atoms with van der Waals surface area (Å²) in [5.41, 5.74) is 3.69. The molecule has 0 saturated carbocycles. The molecule has 1 N–H and O–H groups in total. The molecule has 1 aromatic carbocycles. The van der Waals surface area contributed by atoms with Crippen LogP contribution in [0.15, 0.2) is 39.9 Å². The monoisotopic (exact) mass is 463 g/mol. The average Bonchev–Trinajstić information content (AvgIpc) is 3.18. The van der Waals surface area contributed by atoms with Gasteiger partial charge in [-0.1, -0.05) is 23.2 Å². The number of nitrogens with one attached hydrogen (secondary N) is 1. The summed E-state index contributed by atoms with van der Waals surface area (Å²) in [6.07, 6.45) is 3.58. The van der Waals surface area contributed by atoms with Gasteiger partial charge in [-0.15, -0.1) is 16.9 Å². The summed E-state index contributed by atoms with van der Waals surface area (Å²) in [5.74, 6) is -0.422. The Hall–Kier alpha value is -2.00. The van der Waals surface area contributed by atoms with Gasteiger partial charge in [-0.2, -0.15) is 10.0 Å². The lowest BCUT2D eigenvalue weighted by molar-refractivity contribution is -0.114. The number of nitrogens with zero attached hydrogens (tertiary/aromatic N) is 4. The molecule has 0 atom stereocenters. The van der Waals surface area contributed by atoms with Gasteiger partial charge in [0.1, 0.15) is 0 Å². The topological polar surface area (TPSA) is 73.8 Å². The molecule has 2 aromatic rings. The van der Waals surface area contributed by atoms with Crippen LogP contribution in [0.4, 0.5) is 0 Å². The molecule has 2 aliphatic rings. The Morgan fingerprint density at radius 1 is 1.17 bits per heavy atom. The van der Waals surface area contributed by atoms with Crippen molar-refractivity contribution < 1.29 is 4.79 Å². The zero-order valence-corrected chi connectivity index (χ0v) is 18.8. The van der Waals surface area contributed by atoms with Gasteiger partial charge in [-0.05, 0) is 67.8 Å². The average molecular weight is 464 g/mol. The number of benzene rings is 1. The maximum absolute atomic E-state index is 12.6. The molecule has 148 valence electrons. The number of fused-ring (bicyclic) bond motifs is 1. The zero-order valence-electron chi connectivity index (χ0n) is 15.7. The van der Waals surface area contributed by atoms with E-state index in [-0.39, 0.29) is 11.4 Å². The van der Waals surface area contributed by atoms with Gasteiger partial charge in [-0.25, -0.2) is 0 Å². The van der Waals surface area contributed by atoms with Crippen molar-refractivity contribution in [2.45, 2.75) is 13.8 Å². The molecule has 3 heterocycles. The molecule has 0 fully saturated rings. The number of halogens is 2. The van der Waals surface area contributed by atoms with Crippen LogP contribution < -0.4 is 0 Å². The second-order valence-electron chi connectivity index (χ2n) is 6.38. The van der Waals surface area contributed by atoms with Crippen LogP contribution in [0.25, 0.3) is 11.8 Å². The van der Waals surface area contributed by atoms with Crippen LogP contribution in [0.5, 0.6) is 0 Å². The number of thioether (sulfide) groups is 2. The minimum atomic E-state index is -0.443. The maximum atomic E-state index is 12.6. The van der Waals surface area contributed by atoms with Crippen LogP contribution in [0.2, 0.25) is 10.0 Å². The molecule has 4 rings (SSSR count). The Balaban J connectivity index is 1.77. The molecule has 6 nitrogen and oxygen atoms in total. The van der Waals surface area contributed by atoms with E-state index in [1.54, 1.807) is 12.1 Å². The van der Waals surface area contributed by atoms with E-state index in [1.165, 1.54) is 28.5 Å². The van der Waals surface area contributed by atoms with Gasteiger partial charge < -0.3 is 4.57 Å². The number of aryl methyl sites for hydroxylation is 1. The maximum Gasteiger partial charge on any atom is 0.283 e. The smallest absolute Gasteiger partial charge is 0.283 e. The summed E-state index contributed by atoms with van der Waals surface area (Å²) in [7, 11) is 0. The highest BCUT2D eigenvalue weighted by atomic mass is 35.5. The number of amides is 1. The van der Waals surface area contributed by atoms with Crippen LogP contribution in [-0.2, 0) is 4.79 Å². The molecule has 1 aromatic heterocycles. The molecule has 0 saturated heterocycles. The highest BCUT2D eigenvalue weighted by Crippen LogP contribution is 2.32. The number of rotatable bonds is 2. The molecule has 10 heteroatoms. The highest BCUT2D eigenvalue weighted by Gasteiger charge is 2.35. The summed E-state index contributed by atoms with van der Waals surface area (Å²) >= 11 is 15.1. The van der Waals surface area contributed by atoms with Crippen molar-refractivity contribution in [2.75, 3.05) is 6.26 Å². The molecule has 0 spiro atoms. The lowest BCUT2D eigenvalue weighted by Gasteiger charge is -2.20. The van der Waals surface area contributed by atoms with E-state index >= 15 is 0 Å². The first-order valence-electron chi connectivity index (χ1n) is 8.48. The first-order chi connectivity index (χ1) is 13.8. The van der Waals surface area contributed by atoms with E-state index in [4.69, 9.17) is 28.6 Å². The van der Waals surface area contributed by atoms with Gasteiger partial charge in [0, 0.05) is 27.1 Å². The van der Waals surface area contributed by atoms with Crippen LogP contribution in [0.3, 0.4) is 0 Å². The summed E-state index contributed by atoms with van der Waals surface area (Å²) < 4.78 is 2.75. The van der Waals surface area contributed by atoms with Crippen LogP contribution in [0.1, 0.15) is 17.0 Å². The second kappa shape index (κ2) is 7.68. The Kier molecular flexibility index (Phi) is 5.37. The summed E-state index contributed by atoms with van der Waals surface area (Å²) in [5, 5.41) is 15.7. The molecule has 29 heavy (non-hydrogen) atoms. The number of carbonyl (C=O) groups is 1. The van der Waals surface area contributed by atoms with E-state index < -0.39 is 5.91 Å². The molecule has 2 aliphatic heterocycles.